The molecule has 0 amide bonds. The lowest BCUT2D eigenvalue weighted by molar-refractivity contribution is -0.167. The van der Waals surface area contributed by atoms with Gasteiger partial charge in [-0.15, -0.1) is 0 Å². The van der Waals surface area contributed by atoms with E-state index in [2.05, 4.69) is 57.2 Å². The lowest BCUT2D eigenvalue weighted by Crippen LogP contribution is -2.30. The Bertz CT molecular complexity index is 1030. The van der Waals surface area contributed by atoms with E-state index >= 15 is 0 Å². The Kier molecular flexibility index (Phi) is 48.3. The first-order valence-electron chi connectivity index (χ1n) is 26.5. The highest BCUT2D eigenvalue weighted by Gasteiger charge is 2.19. The van der Waals surface area contributed by atoms with Crippen LogP contribution in [0.5, 0.6) is 0 Å². The first kappa shape index (κ1) is 58.6. The van der Waals surface area contributed by atoms with Crippen molar-refractivity contribution < 1.29 is 28.6 Å². The van der Waals surface area contributed by atoms with E-state index in [1.54, 1.807) is 0 Å². The zero-order valence-corrected chi connectivity index (χ0v) is 40.7. The molecule has 0 aromatic rings. The minimum Gasteiger partial charge on any atom is -0.462 e. The van der Waals surface area contributed by atoms with E-state index in [9.17, 15) is 14.4 Å². The van der Waals surface area contributed by atoms with E-state index < -0.39 is 6.10 Å². The predicted molar refractivity (Wildman–Crippen MR) is 261 cm³/mol. The number of ether oxygens (including phenoxy) is 3. The number of esters is 3. The van der Waals surface area contributed by atoms with Crippen LogP contribution in [0.2, 0.25) is 0 Å². The van der Waals surface area contributed by atoms with Crippen molar-refractivity contribution >= 4 is 17.9 Å². The minimum absolute atomic E-state index is 0.0736. The molecule has 0 aromatic carbocycles. The first-order chi connectivity index (χ1) is 30.0. The lowest BCUT2D eigenvalue weighted by atomic mass is 10.0. The Morgan fingerprint density at radius 3 is 1.00 bits per heavy atom. The molecule has 0 aliphatic rings. The molecule has 0 saturated heterocycles. The number of allylic oxidation sites excluding steroid dienone is 6. The van der Waals surface area contributed by atoms with Gasteiger partial charge in [0.15, 0.2) is 6.10 Å². The third-order valence-corrected chi connectivity index (χ3v) is 11.6. The van der Waals surface area contributed by atoms with Gasteiger partial charge in [0, 0.05) is 19.3 Å². The summed E-state index contributed by atoms with van der Waals surface area (Å²) in [5, 5.41) is 0. The van der Waals surface area contributed by atoms with E-state index in [4.69, 9.17) is 14.2 Å². The highest BCUT2D eigenvalue weighted by Crippen LogP contribution is 2.16. The summed E-state index contributed by atoms with van der Waals surface area (Å²) < 4.78 is 16.8. The smallest absolute Gasteiger partial charge is 0.306 e. The van der Waals surface area contributed by atoms with Gasteiger partial charge in [0.25, 0.3) is 0 Å². The Morgan fingerprint density at radius 2 is 0.607 bits per heavy atom. The molecule has 356 valence electrons. The topological polar surface area (TPSA) is 78.9 Å². The van der Waals surface area contributed by atoms with Gasteiger partial charge in [-0.2, -0.15) is 0 Å². The molecule has 0 heterocycles. The Labute approximate surface area is 378 Å². The molecule has 0 saturated carbocycles. The van der Waals surface area contributed by atoms with Crippen LogP contribution in [0.4, 0.5) is 0 Å². The average Bonchev–Trinajstić information content (AvgIpc) is 3.26. The van der Waals surface area contributed by atoms with Crippen molar-refractivity contribution in [2.24, 2.45) is 0 Å². The highest BCUT2D eigenvalue weighted by atomic mass is 16.6. The quantitative estimate of drug-likeness (QED) is 0.0199. The summed E-state index contributed by atoms with van der Waals surface area (Å²) in [6.45, 7) is 6.58. The van der Waals surface area contributed by atoms with Crippen LogP contribution in [-0.2, 0) is 28.6 Å². The number of rotatable bonds is 48. The lowest BCUT2D eigenvalue weighted by Gasteiger charge is -2.18. The number of hydrogen-bond acceptors (Lipinski definition) is 6. The molecule has 0 radical (unpaired) electrons. The summed E-state index contributed by atoms with van der Waals surface area (Å²) in [4.78, 5) is 37.9. The molecular weight excluding hydrogens is 757 g/mol. The molecule has 6 heteroatoms. The second-order valence-corrected chi connectivity index (χ2v) is 17.8. The van der Waals surface area contributed by atoms with E-state index in [1.807, 2.05) is 0 Å². The molecule has 0 spiro atoms. The molecule has 0 aromatic heterocycles. The first-order valence-corrected chi connectivity index (χ1v) is 26.5. The van der Waals surface area contributed by atoms with E-state index in [0.717, 1.165) is 64.2 Å². The van der Waals surface area contributed by atoms with Crippen LogP contribution in [0.15, 0.2) is 36.5 Å². The largest absolute Gasteiger partial charge is 0.462 e. The second kappa shape index (κ2) is 50.3. The molecule has 0 fully saturated rings. The SMILES string of the molecule is CCCC/C=C\CCCCCCCC(=O)OCC(COC(=O)CCCCCCCCCCCC/C=C\C=C/CCCCC)OC(=O)CCCCCCCCCCCCCCC. The Morgan fingerprint density at radius 1 is 0.328 bits per heavy atom. The summed E-state index contributed by atoms with van der Waals surface area (Å²) in [5.74, 6) is -0.876. The molecule has 6 nitrogen and oxygen atoms in total. The van der Waals surface area contributed by atoms with Gasteiger partial charge in [-0.05, 0) is 64.2 Å². The third-order valence-electron chi connectivity index (χ3n) is 11.6. The maximum atomic E-state index is 12.8. The van der Waals surface area contributed by atoms with Gasteiger partial charge in [0.2, 0.25) is 0 Å². The molecule has 0 aliphatic carbocycles. The molecule has 0 aliphatic heterocycles. The maximum Gasteiger partial charge on any atom is 0.306 e. The van der Waals surface area contributed by atoms with Gasteiger partial charge in [0.1, 0.15) is 13.2 Å². The van der Waals surface area contributed by atoms with Crippen LogP contribution >= 0.6 is 0 Å². The maximum absolute atomic E-state index is 12.8. The Balaban J connectivity index is 4.30. The fraction of sp³-hybridized carbons (Fsp3) is 0.836. The molecular formula is C55H100O6. The zero-order valence-electron chi connectivity index (χ0n) is 40.7. The standard InChI is InChI=1S/C55H100O6/c1-4-7-10-13-16-19-22-24-25-26-27-28-29-31-33-36-39-42-45-48-54(57)60-51-52(50-59-53(56)47-44-41-38-35-32-21-18-15-12-9-6-3)61-55(58)49-46-43-40-37-34-30-23-20-17-14-11-8-5-2/h15-16,18-19,22,24,52H,4-14,17,20-21,23,25-51H2,1-3H3/b18-15-,19-16-,24-22-. The summed E-state index contributed by atoms with van der Waals surface area (Å²) in [7, 11) is 0. The summed E-state index contributed by atoms with van der Waals surface area (Å²) in [6, 6.07) is 0. The van der Waals surface area contributed by atoms with Crippen LogP contribution in [0, 0.1) is 0 Å². The molecule has 1 unspecified atom stereocenters. The second-order valence-electron chi connectivity index (χ2n) is 17.8. The van der Waals surface area contributed by atoms with Crippen molar-refractivity contribution in [3.05, 3.63) is 36.5 Å². The van der Waals surface area contributed by atoms with Gasteiger partial charge in [-0.3, -0.25) is 14.4 Å². The molecule has 1 atom stereocenters. The van der Waals surface area contributed by atoms with Crippen molar-refractivity contribution in [1.29, 1.82) is 0 Å². The van der Waals surface area contributed by atoms with Crippen molar-refractivity contribution in [1.82, 2.24) is 0 Å². The average molecular weight is 857 g/mol. The monoisotopic (exact) mass is 857 g/mol. The van der Waals surface area contributed by atoms with Crippen LogP contribution in [-0.4, -0.2) is 37.2 Å². The fourth-order valence-corrected chi connectivity index (χ4v) is 7.59. The van der Waals surface area contributed by atoms with Crippen molar-refractivity contribution in [2.75, 3.05) is 13.2 Å². The van der Waals surface area contributed by atoms with Crippen LogP contribution < -0.4 is 0 Å². The molecule has 0 bridgehead atoms. The van der Waals surface area contributed by atoms with Gasteiger partial charge < -0.3 is 14.2 Å². The molecule has 0 rings (SSSR count). The van der Waals surface area contributed by atoms with Gasteiger partial charge in [0.05, 0.1) is 0 Å². The summed E-state index contributed by atoms with van der Waals surface area (Å²) in [6.07, 6.45) is 58.4. The van der Waals surface area contributed by atoms with Gasteiger partial charge in [-0.25, -0.2) is 0 Å². The van der Waals surface area contributed by atoms with Crippen molar-refractivity contribution in [2.45, 2.75) is 284 Å². The fourth-order valence-electron chi connectivity index (χ4n) is 7.59. The van der Waals surface area contributed by atoms with Gasteiger partial charge >= 0.3 is 17.9 Å². The highest BCUT2D eigenvalue weighted by molar-refractivity contribution is 5.71. The third kappa shape index (κ3) is 48.5. The van der Waals surface area contributed by atoms with Crippen molar-refractivity contribution in [3.63, 3.8) is 0 Å². The number of unbranched alkanes of at least 4 members (excludes halogenated alkanes) is 32. The number of carbonyl (C=O) groups is 3. The van der Waals surface area contributed by atoms with Crippen molar-refractivity contribution in [3.8, 4) is 0 Å². The van der Waals surface area contributed by atoms with E-state index in [1.165, 1.54) is 173 Å². The van der Waals surface area contributed by atoms with Crippen LogP contribution in [0.25, 0.3) is 0 Å². The van der Waals surface area contributed by atoms with E-state index in [0.29, 0.717) is 19.3 Å². The van der Waals surface area contributed by atoms with E-state index in [-0.39, 0.29) is 31.1 Å². The van der Waals surface area contributed by atoms with Gasteiger partial charge in [-0.1, -0.05) is 231 Å². The predicted octanol–water partition coefficient (Wildman–Crippen LogP) is 17.3. The number of hydrogen-bond donors (Lipinski definition) is 0. The summed E-state index contributed by atoms with van der Waals surface area (Å²) >= 11 is 0. The number of carbonyl (C=O) groups excluding carboxylic acids is 3. The molecule has 0 N–H and O–H groups in total. The van der Waals surface area contributed by atoms with Crippen LogP contribution in [0.1, 0.15) is 278 Å². The molecule has 61 heavy (non-hydrogen) atoms. The minimum atomic E-state index is -0.772. The van der Waals surface area contributed by atoms with Crippen LogP contribution in [0.3, 0.4) is 0 Å². The zero-order chi connectivity index (χ0) is 44.4. The normalized spacial score (nSPS) is 12.2. The summed E-state index contributed by atoms with van der Waals surface area (Å²) in [5.41, 5.74) is 0. The Hall–Kier alpha value is -2.37.